The predicted octanol–water partition coefficient (Wildman–Crippen LogP) is 0.404. The van der Waals surface area contributed by atoms with Gasteiger partial charge in [0.2, 0.25) is 0 Å². The maximum absolute atomic E-state index is 8.99. The SMILES string of the molecule is CCC(CO)(CO)CCOC. The van der Waals surface area contributed by atoms with Crippen LogP contribution in [0.5, 0.6) is 0 Å². The molecule has 0 amide bonds. The van der Waals surface area contributed by atoms with E-state index in [1.54, 1.807) is 7.11 Å². The smallest absolute Gasteiger partial charge is 0.0510 e. The number of aliphatic hydroxyl groups is 2. The second kappa shape index (κ2) is 5.52. The molecule has 0 saturated heterocycles. The Balaban J connectivity index is 3.84. The number of aliphatic hydroxyl groups excluding tert-OH is 2. The third-order valence-corrected chi connectivity index (χ3v) is 2.26. The molecule has 0 atom stereocenters. The van der Waals surface area contributed by atoms with Crippen LogP contribution in [0.1, 0.15) is 19.8 Å². The van der Waals surface area contributed by atoms with Gasteiger partial charge in [0.05, 0.1) is 13.2 Å². The summed E-state index contributed by atoms with van der Waals surface area (Å²) in [6.07, 6.45) is 1.50. The molecule has 0 aliphatic carbocycles. The topological polar surface area (TPSA) is 49.7 Å². The fourth-order valence-electron chi connectivity index (χ4n) is 0.927. The van der Waals surface area contributed by atoms with Crippen LogP contribution in [0, 0.1) is 5.41 Å². The molecular formula is C8H18O3. The lowest BCUT2D eigenvalue weighted by molar-refractivity contribution is 0.0223. The number of ether oxygens (including phenoxy) is 1. The van der Waals surface area contributed by atoms with Crippen molar-refractivity contribution in [3.63, 3.8) is 0 Å². The summed E-state index contributed by atoms with van der Waals surface area (Å²) >= 11 is 0. The number of rotatable bonds is 6. The molecule has 0 rings (SSSR count). The Hall–Kier alpha value is -0.120. The fraction of sp³-hybridized carbons (Fsp3) is 1.00. The molecule has 0 aliphatic rings. The van der Waals surface area contributed by atoms with Gasteiger partial charge in [-0.3, -0.25) is 0 Å². The van der Waals surface area contributed by atoms with Gasteiger partial charge in [0, 0.05) is 19.1 Å². The van der Waals surface area contributed by atoms with Gasteiger partial charge >= 0.3 is 0 Å². The van der Waals surface area contributed by atoms with Crippen LogP contribution in [-0.4, -0.2) is 37.1 Å². The van der Waals surface area contributed by atoms with Crippen molar-refractivity contribution in [3.05, 3.63) is 0 Å². The summed E-state index contributed by atoms with van der Waals surface area (Å²) < 4.78 is 4.88. The van der Waals surface area contributed by atoms with E-state index in [-0.39, 0.29) is 18.6 Å². The van der Waals surface area contributed by atoms with Crippen molar-refractivity contribution >= 4 is 0 Å². The van der Waals surface area contributed by atoms with Gasteiger partial charge in [-0.05, 0) is 12.8 Å². The zero-order valence-electron chi connectivity index (χ0n) is 7.34. The highest BCUT2D eigenvalue weighted by Crippen LogP contribution is 2.24. The zero-order chi connectivity index (χ0) is 8.74. The van der Waals surface area contributed by atoms with Crippen LogP contribution in [-0.2, 0) is 4.74 Å². The lowest BCUT2D eigenvalue weighted by atomic mass is 9.84. The molecule has 68 valence electrons. The molecule has 0 unspecified atom stereocenters. The van der Waals surface area contributed by atoms with Gasteiger partial charge in [0.15, 0.2) is 0 Å². The molecule has 0 aromatic rings. The monoisotopic (exact) mass is 162 g/mol. The molecule has 0 spiro atoms. The first-order chi connectivity index (χ1) is 5.24. The molecule has 3 heteroatoms. The molecule has 0 aliphatic heterocycles. The Morgan fingerprint density at radius 3 is 2.09 bits per heavy atom. The van der Waals surface area contributed by atoms with Gasteiger partial charge in [0.25, 0.3) is 0 Å². The van der Waals surface area contributed by atoms with E-state index < -0.39 is 0 Å². The van der Waals surface area contributed by atoms with Crippen molar-refractivity contribution in [2.45, 2.75) is 19.8 Å². The van der Waals surface area contributed by atoms with Gasteiger partial charge in [-0.15, -0.1) is 0 Å². The number of methoxy groups -OCH3 is 1. The summed E-state index contributed by atoms with van der Waals surface area (Å²) in [5, 5.41) is 18.0. The molecule has 0 heterocycles. The van der Waals surface area contributed by atoms with E-state index in [0.29, 0.717) is 13.0 Å². The van der Waals surface area contributed by atoms with Crippen molar-refractivity contribution in [1.29, 1.82) is 0 Å². The third kappa shape index (κ3) is 3.18. The number of hydrogen-bond acceptors (Lipinski definition) is 3. The minimum absolute atomic E-state index is 0.0311. The Morgan fingerprint density at radius 1 is 1.27 bits per heavy atom. The van der Waals surface area contributed by atoms with E-state index in [0.717, 1.165) is 6.42 Å². The number of hydrogen-bond donors (Lipinski definition) is 2. The average molecular weight is 162 g/mol. The van der Waals surface area contributed by atoms with Crippen LogP contribution in [0.25, 0.3) is 0 Å². The highest BCUT2D eigenvalue weighted by Gasteiger charge is 2.25. The van der Waals surface area contributed by atoms with Crippen LogP contribution in [0.3, 0.4) is 0 Å². The highest BCUT2D eigenvalue weighted by atomic mass is 16.5. The van der Waals surface area contributed by atoms with E-state index in [4.69, 9.17) is 14.9 Å². The molecule has 2 N–H and O–H groups in total. The van der Waals surface area contributed by atoms with Crippen LogP contribution < -0.4 is 0 Å². The molecule has 0 bridgehead atoms. The van der Waals surface area contributed by atoms with E-state index in [1.807, 2.05) is 6.92 Å². The minimum atomic E-state index is -0.337. The summed E-state index contributed by atoms with van der Waals surface area (Å²) in [6.45, 7) is 2.61. The van der Waals surface area contributed by atoms with E-state index >= 15 is 0 Å². The van der Waals surface area contributed by atoms with Gasteiger partial charge in [-0.25, -0.2) is 0 Å². The quantitative estimate of drug-likeness (QED) is 0.594. The van der Waals surface area contributed by atoms with E-state index in [9.17, 15) is 0 Å². The second-order valence-electron chi connectivity index (χ2n) is 2.91. The molecule has 11 heavy (non-hydrogen) atoms. The first-order valence-corrected chi connectivity index (χ1v) is 3.95. The Labute approximate surface area is 68.0 Å². The summed E-state index contributed by atoms with van der Waals surface area (Å²) in [5.74, 6) is 0. The molecule has 0 radical (unpaired) electrons. The molecule has 3 nitrogen and oxygen atoms in total. The minimum Gasteiger partial charge on any atom is -0.396 e. The van der Waals surface area contributed by atoms with Crippen molar-refractivity contribution in [3.8, 4) is 0 Å². The Bertz CT molecular complexity index is 81.1. The van der Waals surface area contributed by atoms with Gasteiger partial charge in [-0.1, -0.05) is 6.92 Å². The Morgan fingerprint density at radius 2 is 1.82 bits per heavy atom. The van der Waals surface area contributed by atoms with Crippen molar-refractivity contribution < 1.29 is 14.9 Å². The van der Waals surface area contributed by atoms with Crippen LogP contribution in [0.2, 0.25) is 0 Å². The molecule has 0 aromatic carbocycles. The average Bonchev–Trinajstić information content (AvgIpc) is 2.08. The predicted molar refractivity (Wildman–Crippen MR) is 43.4 cm³/mol. The third-order valence-electron chi connectivity index (χ3n) is 2.26. The zero-order valence-corrected chi connectivity index (χ0v) is 7.34. The first-order valence-electron chi connectivity index (χ1n) is 3.95. The van der Waals surface area contributed by atoms with Gasteiger partial charge < -0.3 is 14.9 Å². The van der Waals surface area contributed by atoms with Crippen LogP contribution in [0.15, 0.2) is 0 Å². The molecule has 0 aromatic heterocycles. The normalized spacial score (nSPS) is 12.0. The lowest BCUT2D eigenvalue weighted by Gasteiger charge is -2.27. The van der Waals surface area contributed by atoms with Crippen molar-refractivity contribution in [1.82, 2.24) is 0 Å². The van der Waals surface area contributed by atoms with Crippen molar-refractivity contribution in [2.24, 2.45) is 5.41 Å². The summed E-state index contributed by atoms with van der Waals surface area (Å²) in [6, 6.07) is 0. The fourth-order valence-corrected chi connectivity index (χ4v) is 0.927. The standard InChI is InChI=1S/C8H18O3/c1-3-8(6-9,7-10)4-5-11-2/h9-10H,3-7H2,1-2H3. The largest absolute Gasteiger partial charge is 0.396 e. The maximum atomic E-state index is 8.99. The van der Waals surface area contributed by atoms with E-state index in [1.165, 1.54) is 0 Å². The highest BCUT2D eigenvalue weighted by molar-refractivity contribution is 4.75. The molecule has 0 saturated carbocycles. The van der Waals surface area contributed by atoms with Crippen LogP contribution in [0.4, 0.5) is 0 Å². The first kappa shape index (κ1) is 10.9. The Kier molecular flexibility index (Phi) is 5.46. The maximum Gasteiger partial charge on any atom is 0.0510 e. The summed E-state index contributed by atoms with van der Waals surface area (Å²) in [4.78, 5) is 0. The molecular weight excluding hydrogens is 144 g/mol. The molecule has 0 fully saturated rings. The van der Waals surface area contributed by atoms with Crippen LogP contribution >= 0.6 is 0 Å². The van der Waals surface area contributed by atoms with E-state index in [2.05, 4.69) is 0 Å². The lowest BCUT2D eigenvalue weighted by Crippen LogP contribution is -2.30. The van der Waals surface area contributed by atoms with Gasteiger partial charge in [-0.2, -0.15) is 0 Å². The van der Waals surface area contributed by atoms with Gasteiger partial charge in [0.1, 0.15) is 0 Å². The summed E-state index contributed by atoms with van der Waals surface area (Å²) in [7, 11) is 1.62. The summed E-state index contributed by atoms with van der Waals surface area (Å²) in [5.41, 5.74) is -0.337. The second-order valence-corrected chi connectivity index (χ2v) is 2.91. The van der Waals surface area contributed by atoms with Crippen molar-refractivity contribution in [2.75, 3.05) is 26.9 Å².